The molecule has 0 aliphatic carbocycles. The number of aromatic amines is 1. The summed E-state index contributed by atoms with van der Waals surface area (Å²) in [5.74, 6) is 0.195. The van der Waals surface area contributed by atoms with Crippen LogP contribution in [0.1, 0.15) is 24.2 Å². The van der Waals surface area contributed by atoms with Crippen LogP contribution in [0, 0.1) is 4.77 Å². The van der Waals surface area contributed by atoms with E-state index in [0.717, 1.165) is 4.57 Å². The Labute approximate surface area is 143 Å². The van der Waals surface area contributed by atoms with Crippen LogP contribution in [0.2, 0.25) is 0 Å². The Morgan fingerprint density at radius 1 is 1.12 bits per heavy atom. The predicted molar refractivity (Wildman–Crippen MR) is 95.3 cm³/mol. The van der Waals surface area contributed by atoms with Gasteiger partial charge in [0.05, 0.1) is 17.0 Å². The number of H-pyrrole nitrogens is 1. The first-order valence-electron chi connectivity index (χ1n) is 7.53. The van der Waals surface area contributed by atoms with Crippen molar-refractivity contribution in [2.24, 2.45) is 0 Å². The smallest absolute Gasteiger partial charge is 0.269 e. The van der Waals surface area contributed by atoms with Crippen LogP contribution in [0.3, 0.4) is 0 Å². The summed E-state index contributed by atoms with van der Waals surface area (Å²) in [5, 5.41) is 0.416. The first-order valence-corrected chi connectivity index (χ1v) is 7.93. The molecule has 0 fully saturated rings. The summed E-state index contributed by atoms with van der Waals surface area (Å²) in [6, 6.07) is 13.6. The zero-order chi connectivity index (χ0) is 17.3. The number of hydrogen-bond acceptors (Lipinski definition) is 4. The normalized spacial score (nSPS) is 11.0. The third kappa shape index (κ3) is 3.00. The van der Waals surface area contributed by atoms with E-state index in [2.05, 4.69) is 4.98 Å². The quantitative estimate of drug-likeness (QED) is 0.741. The van der Waals surface area contributed by atoms with Gasteiger partial charge in [0.25, 0.3) is 11.5 Å². The monoisotopic (exact) mass is 340 g/mol. The molecule has 24 heavy (non-hydrogen) atoms. The maximum atomic E-state index is 12.7. The van der Waals surface area contributed by atoms with E-state index in [1.165, 1.54) is 0 Å². The molecule has 0 aliphatic heterocycles. The summed E-state index contributed by atoms with van der Waals surface area (Å²) in [7, 11) is 0. The largest absolute Gasteiger partial charge is 0.491 e. The number of nitrogens with one attached hydrogen (secondary N) is 1. The SMILES string of the molecule is CC(C)Oc1ccc(C(=O)n2c(=S)[nH]c3ccccc3c2=O)cc1. The van der Waals surface area contributed by atoms with E-state index >= 15 is 0 Å². The first kappa shape index (κ1) is 16.1. The fourth-order valence-corrected chi connectivity index (χ4v) is 2.70. The third-order valence-electron chi connectivity index (χ3n) is 3.48. The lowest BCUT2D eigenvalue weighted by atomic mass is 10.2. The lowest BCUT2D eigenvalue weighted by Crippen LogP contribution is -2.29. The van der Waals surface area contributed by atoms with Gasteiger partial charge in [-0.3, -0.25) is 9.59 Å². The highest BCUT2D eigenvalue weighted by Crippen LogP contribution is 2.15. The van der Waals surface area contributed by atoms with Crippen molar-refractivity contribution in [2.75, 3.05) is 0 Å². The van der Waals surface area contributed by atoms with Crippen LogP contribution >= 0.6 is 12.2 Å². The molecule has 0 unspecified atom stereocenters. The van der Waals surface area contributed by atoms with E-state index in [9.17, 15) is 9.59 Å². The number of carbonyl (C=O) groups is 1. The molecule has 0 saturated heterocycles. The molecule has 0 atom stereocenters. The van der Waals surface area contributed by atoms with Gasteiger partial charge in [0, 0.05) is 5.56 Å². The number of aromatic nitrogens is 2. The van der Waals surface area contributed by atoms with Crippen molar-refractivity contribution >= 4 is 29.0 Å². The van der Waals surface area contributed by atoms with Crippen molar-refractivity contribution < 1.29 is 9.53 Å². The van der Waals surface area contributed by atoms with Gasteiger partial charge < -0.3 is 9.72 Å². The van der Waals surface area contributed by atoms with E-state index in [-0.39, 0.29) is 10.9 Å². The standard InChI is InChI=1S/C18H16N2O3S/c1-11(2)23-13-9-7-12(8-10-13)16(21)20-17(22)14-5-3-4-6-15(14)19-18(20)24/h3-11H,1-2H3,(H,19,24). The molecular formula is C18H16N2O3S. The van der Waals surface area contributed by atoms with Gasteiger partial charge in [-0.05, 0) is 62.5 Å². The molecule has 1 N–H and O–H groups in total. The number of benzene rings is 2. The highest BCUT2D eigenvalue weighted by molar-refractivity contribution is 7.71. The Morgan fingerprint density at radius 3 is 2.46 bits per heavy atom. The van der Waals surface area contributed by atoms with Gasteiger partial charge in [0.2, 0.25) is 0 Å². The summed E-state index contributed by atoms with van der Waals surface area (Å²) >= 11 is 5.19. The number of carbonyl (C=O) groups excluding carboxylic acids is 1. The van der Waals surface area contributed by atoms with E-state index in [1.807, 2.05) is 13.8 Å². The second-order valence-corrected chi connectivity index (χ2v) is 6.00. The number of fused-ring (bicyclic) bond motifs is 1. The molecule has 122 valence electrons. The Morgan fingerprint density at radius 2 is 1.79 bits per heavy atom. The maximum Gasteiger partial charge on any atom is 0.269 e. The molecule has 6 heteroatoms. The van der Waals surface area contributed by atoms with Crippen LogP contribution in [-0.2, 0) is 0 Å². The van der Waals surface area contributed by atoms with Crippen LogP contribution in [0.25, 0.3) is 10.9 Å². The molecule has 2 aromatic carbocycles. The second kappa shape index (κ2) is 6.41. The highest BCUT2D eigenvalue weighted by Gasteiger charge is 2.14. The van der Waals surface area contributed by atoms with Crippen molar-refractivity contribution in [3.05, 3.63) is 69.2 Å². The molecule has 0 bridgehead atoms. The summed E-state index contributed by atoms with van der Waals surface area (Å²) in [6.45, 7) is 3.85. The van der Waals surface area contributed by atoms with Crippen LogP contribution in [0.4, 0.5) is 0 Å². The topological polar surface area (TPSA) is 64.1 Å². The fraction of sp³-hybridized carbons (Fsp3) is 0.167. The fourth-order valence-electron chi connectivity index (χ4n) is 2.42. The van der Waals surface area contributed by atoms with E-state index in [1.54, 1.807) is 48.5 Å². The Kier molecular flexibility index (Phi) is 4.31. The molecule has 0 amide bonds. The summed E-state index contributed by atoms with van der Waals surface area (Å²) in [4.78, 5) is 28.2. The zero-order valence-corrected chi connectivity index (χ0v) is 14.1. The molecule has 1 aromatic heterocycles. The minimum absolute atomic E-state index is 0.0449. The number of hydrogen-bond donors (Lipinski definition) is 1. The zero-order valence-electron chi connectivity index (χ0n) is 13.3. The van der Waals surface area contributed by atoms with Crippen LogP contribution in [0.5, 0.6) is 5.75 Å². The van der Waals surface area contributed by atoms with E-state index in [0.29, 0.717) is 22.2 Å². The predicted octanol–water partition coefficient (Wildman–Crippen LogP) is 3.53. The van der Waals surface area contributed by atoms with Gasteiger partial charge in [-0.2, -0.15) is 0 Å². The lowest BCUT2D eigenvalue weighted by Gasteiger charge is -2.10. The minimum atomic E-state index is -0.469. The molecule has 0 saturated carbocycles. The maximum absolute atomic E-state index is 12.7. The van der Waals surface area contributed by atoms with Crippen molar-refractivity contribution in [3.63, 3.8) is 0 Å². The van der Waals surface area contributed by atoms with Crippen molar-refractivity contribution in [1.82, 2.24) is 9.55 Å². The van der Waals surface area contributed by atoms with Crippen molar-refractivity contribution in [2.45, 2.75) is 20.0 Å². The highest BCUT2D eigenvalue weighted by atomic mass is 32.1. The van der Waals surface area contributed by atoms with Gasteiger partial charge in [0.1, 0.15) is 5.75 Å². The number of ether oxygens (including phenoxy) is 1. The number of nitrogens with zero attached hydrogens (tertiary/aromatic N) is 1. The molecule has 0 aliphatic rings. The van der Waals surface area contributed by atoms with Crippen molar-refractivity contribution in [3.8, 4) is 5.75 Å². The van der Waals surface area contributed by atoms with E-state index in [4.69, 9.17) is 17.0 Å². The summed E-state index contributed by atoms with van der Waals surface area (Å²) in [6.07, 6.45) is 0.0449. The Bertz CT molecular complexity index is 1020. The molecule has 3 rings (SSSR count). The van der Waals surface area contributed by atoms with Gasteiger partial charge in [-0.15, -0.1) is 0 Å². The molecule has 1 heterocycles. The third-order valence-corrected chi connectivity index (χ3v) is 3.77. The van der Waals surface area contributed by atoms with E-state index < -0.39 is 11.5 Å². The molecular weight excluding hydrogens is 324 g/mol. The number of rotatable bonds is 3. The van der Waals surface area contributed by atoms with Crippen LogP contribution in [0.15, 0.2) is 53.3 Å². The summed E-state index contributed by atoms with van der Waals surface area (Å²) < 4.78 is 6.61. The number of para-hydroxylation sites is 1. The summed E-state index contributed by atoms with van der Waals surface area (Å²) in [5.41, 5.74) is 0.544. The van der Waals surface area contributed by atoms with Gasteiger partial charge in [-0.1, -0.05) is 12.1 Å². The van der Waals surface area contributed by atoms with Crippen molar-refractivity contribution in [1.29, 1.82) is 0 Å². The van der Waals surface area contributed by atoms with Crippen LogP contribution in [-0.4, -0.2) is 21.6 Å². The molecule has 0 spiro atoms. The Hall–Kier alpha value is -2.73. The molecule has 3 aromatic rings. The van der Waals surface area contributed by atoms with Gasteiger partial charge in [-0.25, -0.2) is 4.57 Å². The Balaban J connectivity index is 2.06. The van der Waals surface area contributed by atoms with Gasteiger partial charge >= 0.3 is 0 Å². The van der Waals surface area contributed by atoms with Crippen LogP contribution < -0.4 is 10.3 Å². The lowest BCUT2D eigenvalue weighted by molar-refractivity contribution is 0.0953. The second-order valence-electron chi connectivity index (χ2n) is 5.61. The minimum Gasteiger partial charge on any atom is -0.491 e. The average molecular weight is 340 g/mol. The first-order chi connectivity index (χ1) is 11.5. The van der Waals surface area contributed by atoms with Gasteiger partial charge in [0.15, 0.2) is 4.77 Å². The molecule has 0 radical (unpaired) electrons. The average Bonchev–Trinajstić information content (AvgIpc) is 2.55. The molecule has 5 nitrogen and oxygen atoms in total.